The third-order valence-corrected chi connectivity index (χ3v) is 5.17. The quantitative estimate of drug-likeness (QED) is 0.300. The number of hydrazone groups is 1. The Morgan fingerprint density at radius 3 is 2.47 bits per heavy atom. The third-order valence-electron chi connectivity index (χ3n) is 4.58. The van der Waals surface area contributed by atoms with Crippen LogP contribution in [0.1, 0.15) is 29.2 Å². The summed E-state index contributed by atoms with van der Waals surface area (Å²) in [5, 5.41) is 5.49. The van der Waals surface area contributed by atoms with Crippen molar-refractivity contribution in [1.82, 2.24) is 0 Å². The smallest absolute Gasteiger partial charge is 0.161 e. The molecule has 156 valence electrons. The zero-order chi connectivity index (χ0) is 21.5. The van der Waals surface area contributed by atoms with Crippen molar-refractivity contribution in [3.05, 3.63) is 86.9 Å². The van der Waals surface area contributed by atoms with Crippen molar-refractivity contribution in [3.63, 3.8) is 0 Å². The molecule has 0 spiro atoms. The average Bonchev–Trinajstić information content (AvgIpc) is 2.71. The van der Waals surface area contributed by atoms with Gasteiger partial charge in [0.15, 0.2) is 11.5 Å². The maximum Gasteiger partial charge on any atom is 0.161 e. The number of benzene rings is 3. The van der Waals surface area contributed by atoms with Crippen LogP contribution in [0.25, 0.3) is 0 Å². The molecule has 3 rings (SSSR count). The van der Waals surface area contributed by atoms with Crippen molar-refractivity contribution in [2.24, 2.45) is 5.10 Å². The molecule has 0 amide bonds. The first-order valence-electron chi connectivity index (χ1n) is 9.66. The molecule has 6 heteroatoms. The Hall–Kier alpha value is -2.69. The molecule has 1 N–H and O–H groups in total. The number of aryl methyl sites for hydroxylation is 2. The fourth-order valence-corrected chi connectivity index (χ4v) is 3.24. The average molecular weight is 443 g/mol. The number of nitrogens with zero attached hydrogens (tertiary/aromatic N) is 1. The van der Waals surface area contributed by atoms with Gasteiger partial charge in [-0.15, -0.1) is 0 Å². The van der Waals surface area contributed by atoms with Gasteiger partial charge in [-0.05, 0) is 79.9 Å². The topological polar surface area (TPSA) is 42.8 Å². The van der Waals surface area contributed by atoms with Crippen LogP contribution in [-0.2, 0) is 6.61 Å². The summed E-state index contributed by atoms with van der Waals surface area (Å²) in [6.45, 7) is 6.94. The summed E-state index contributed by atoms with van der Waals surface area (Å²) in [5.74, 6) is 1.29. The molecule has 0 aliphatic rings. The summed E-state index contributed by atoms with van der Waals surface area (Å²) in [6.07, 6.45) is 1.75. The lowest BCUT2D eigenvalue weighted by Crippen LogP contribution is -2.01. The van der Waals surface area contributed by atoms with Gasteiger partial charge in [0.1, 0.15) is 6.61 Å². The van der Waals surface area contributed by atoms with Crippen LogP contribution >= 0.6 is 23.2 Å². The molecule has 0 fully saturated rings. The molecular weight excluding hydrogens is 419 g/mol. The van der Waals surface area contributed by atoms with Crippen LogP contribution in [0.3, 0.4) is 0 Å². The number of halogens is 2. The minimum atomic E-state index is 0.317. The molecular formula is C24H24Cl2N2O2. The second-order valence-electron chi connectivity index (χ2n) is 6.83. The van der Waals surface area contributed by atoms with E-state index in [1.165, 1.54) is 11.1 Å². The van der Waals surface area contributed by atoms with Gasteiger partial charge in [0, 0.05) is 15.6 Å². The molecule has 0 heterocycles. The van der Waals surface area contributed by atoms with Crippen LogP contribution in [0.2, 0.25) is 10.0 Å². The summed E-state index contributed by atoms with van der Waals surface area (Å²) in [6, 6.07) is 17.2. The Kier molecular flexibility index (Phi) is 7.61. The molecule has 30 heavy (non-hydrogen) atoms. The van der Waals surface area contributed by atoms with Crippen LogP contribution in [0.15, 0.2) is 59.7 Å². The zero-order valence-corrected chi connectivity index (χ0v) is 18.7. The standard InChI is InChI=1S/C24H24Cl2N2O2/c1-4-29-24-12-18(14-27-28-21-9-5-16(2)17(3)11-21)6-10-23(24)30-15-19-7-8-20(25)13-22(19)26/h5-14,28H,4,15H2,1-3H3/b27-14+. The van der Waals surface area contributed by atoms with Gasteiger partial charge in [-0.2, -0.15) is 5.10 Å². The molecule has 0 atom stereocenters. The lowest BCUT2D eigenvalue weighted by molar-refractivity contribution is 0.269. The Labute approximate surface area is 187 Å². The van der Waals surface area contributed by atoms with Gasteiger partial charge in [-0.25, -0.2) is 0 Å². The van der Waals surface area contributed by atoms with Crippen LogP contribution in [0.5, 0.6) is 11.5 Å². The van der Waals surface area contributed by atoms with Crippen LogP contribution in [-0.4, -0.2) is 12.8 Å². The Morgan fingerprint density at radius 1 is 0.900 bits per heavy atom. The Morgan fingerprint density at radius 2 is 1.73 bits per heavy atom. The fourth-order valence-electron chi connectivity index (χ4n) is 2.78. The molecule has 0 aliphatic heterocycles. The number of hydrogen-bond acceptors (Lipinski definition) is 4. The second kappa shape index (κ2) is 10.4. The molecule has 0 radical (unpaired) electrons. The number of nitrogens with one attached hydrogen (secondary N) is 1. The first-order valence-corrected chi connectivity index (χ1v) is 10.4. The number of ether oxygens (including phenoxy) is 2. The lowest BCUT2D eigenvalue weighted by Gasteiger charge is -2.13. The predicted octanol–water partition coefficient (Wildman–Crippen LogP) is 7.03. The van der Waals surface area contributed by atoms with Crippen LogP contribution in [0.4, 0.5) is 5.69 Å². The van der Waals surface area contributed by atoms with E-state index in [-0.39, 0.29) is 0 Å². The highest BCUT2D eigenvalue weighted by Crippen LogP contribution is 2.30. The van der Waals surface area contributed by atoms with Crippen molar-refractivity contribution >= 4 is 35.1 Å². The molecule has 0 aromatic heterocycles. The second-order valence-corrected chi connectivity index (χ2v) is 7.68. The summed E-state index contributed by atoms with van der Waals surface area (Å²) >= 11 is 12.2. The normalized spacial score (nSPS) is 11.0. The maximum atomic E-state index is 6.23. The van der Waals surface area contributed by atoms with Gasteiger partial charge < -0.3 is 9.47 Å². The Balaban J connectivity index is 1.69. The number of anilines is 1. The molecule has 0 saturated carbocycles. The van der Waals surface area contributed by atoms with E-state index in [1.807, 2.05) is 37.3 Å². The monoisotopic (exact) mass is 442 g/mol. The third kappa shape index (κ3) is 5.91. The molecule has 3 aromatic carbocycles. The summed E-state index contributed by atoms with van der Waals surface area (Å²) in [4.78, 5) is 0. The van der Waals surface area contributed by atoms with Crippen LogP contribution in [0, 0.1) is 13.8 Å². The van der Waals surface area contributed by atoms with Crippen molar-refractivity contribution < 1.29 is 9.47 Å². The first-order chi connectivity index (χ1) is 14.5. The first kappa shape index (κ1) is 22.0. The zero-order valence-electron chi connectivity index (χ0n) is 17.2. The van der Waals surface area contributed by atoms with Gasteiger partial charge in [-0.1, -0.05) is 35.3 Å². The molecule has 4 nitrogen and oxygen atoms in total. The molecule has 0 saturated heterocycles. The van der Waals surface area contributed by atoms with Crippen LogP contribution < -0.4 is 14.9 Å². The molecule has 3 aromatic rings. The SMILES string of the molecule is CCOc1cc(/C=N/Nc2ccc(C)c(C)c2)ccc1OCc1ccc(Cl)cc1Cl. The predicted molar refractivity (Wildman–Crippen MR) is 126 cm³/mol. The van der Waals surface area contributed by atoms with E-state index < -0.39 is 0 Å². The number of rotatable bonds is 8. The van der Waals surface area contributed by atoms with E-state index in [1.54, 1.807) is 18.3 Å². The van der Waals surface area contributed by atoms with Crippen molar-refractivity contribution in [1.29, 1.82) is 0 Å². The minimum Gasteiger partial charge on any atom is -0.490 e. The van der Waals surface area contributed by atoms with E-state index in [2.05, 4.69) is 36.5 Å². The van der Waals surface area contributed by atoms with Gasteiger partial charge >= 0.3 is 0 Å². The van der Waals surface area contributed by atoms with Gasteiger partial charge in [-0.3, -0.25) is 5.43 Å². The number of hydrogen-bond donors (Lipinski definition) is 1. The summed E-state index contributed by atoms with van der Waals surface area (Å²) < 4.78 is 11.7. The highest BCUT2D eigenvalue weighted by Gasteiger charge is 2.08. The van der Waals surface area contributed by atoms with E-state index in [0.717, 1.165) is 16.8 Å². The van der Waals surface area contributed by atoms with Crippen molar-refractivity contribution in [2.75, 3.05) is 12.0 Å². The van der Waals surface area contributed by atoms with Gasteiger partial charge in [0.25, 0.3) is 0 Å². The van der Waals surface area contributed by atoms with E-state index in [0.29, 0.717) is 34.8 Å². The van der Waals surface area contributed by atoms with Crippen molar-refractivity contribution in [2.45, 2.75) is 27.4 Å². The molecule has 0 bridgehead atoms. The molecule has 0 aliphatic carbocycles. The highest BCUT2D eigenvalue weighted by atomic mass is 35.5. The summed E-state index contributed by atoms with van der Waals surface area (Å²) in [5.41, 5.74) is 8.22. The summed E-state index contributed by atoms with van der Waals surface area (Å²) in [7, 11) is 0. The molecule has 0 unspecified atom stereocenters. The largest absolute Gasteiger partial charge is 0.490 e. The van der Waals surface area contributed by atoms with E-state index >= 15 is 0 Å². The lowest BCUT2D eigenvalue weighted by atomic mass is 10.1. The van der Waals surface area contributed by atoms with Gasteiger partial charge in [0.2, 0.25) is 0 Å². The van der Waals surface area contributed by atoms with E-state index in [9.17, 15) is 0 Å². The van der Waals surface area contributed by atoms with E-state index in [4.69, 9.17) is 32.7 Å². The van der Waals surface area contributed by atoms with Gasteiger partial charge in [0.05, 0.1) is 18.5 Å². The Bertz CT molecular complexity index is 1050. The highest BCUT2D eigenvalue weighted by molar-refractivity contribution is 6.35. The van der Waals surface area contributed by atoms with Crippen molar-refractivity contribution in [3.8, 4) is 11.5 Å². The maximum absolute atomic E-state index is 6.23. The minimum absolute atomic E-state index is 0.317. The fraction of sp³-hybridized carbons (Fsp3) is 0.208.